The molecule has 0 aliphatic heterocycles. The number of pyridine rings is 1. The minimum Gasteiger partial charge on any atom is -0.302 e. The van der Waals surface area contributed by atoms with Gasteiger partial charge in [-0.15, -0.1) is 0 Å². The van der Waals surface area contributed by atoms with Gasteiger partial charge in [0, 0.05) is 12.3 Å². The van der Waals surface area contributed by atoms with Gasteiger partial charge >= 0.3 is 0 Å². The first-order valence-electron chi connectivity index (χ1n) is 5.23. The van der Waals surface area contributed by atoms with Crippen LogP contribution in [0.4, 0.5) is 8.78 Å². The van der Waals surface area contributed by atoms with Crippen LogP contribution in [0.5, 0.6) is 0 Å². The van der Waals surface area contributed by atoms with E-state index in [1.807, 2.05) is 0 Å². The predicted octanol–water partition coefficient (Wildman–Crippen LogP) is 4.00. The van der Waals surface area contributed by atoms with Crippen molar-refractivity contribution in [1.29, 1.82) is 0 Å². The molecule has 0 fully saturated rings. The normalized spacial score (nSPS) is 12.2. The molecule has 2 nitrogen and oxygen atoms in total. The van der Waals surface area contributed by atoms with Crippen molar-refractivity contribution in [3.05, 3.63) is 63.4 Å². The topological polar surface area (TPSA) is 30.0 Å². The smallest absolute Gasteiger partial charge is 0.133 e. The maximum absolute atomic E-state index is 13.2. The second kappa shape index (κ2) is 5.63. The number of hydrogen-bond acceptors (Lipinski definition) is 2. The van der Waals surface area contributed by atoms with E-state index >= 15 is 0 Å². The van der Waals surface area contributed by atoms with Gasteiger partial charge in [0.15, 0.2) is 0 Å². The zero-order valence-electron chi connectivity index (χ0n) is 9.41. The summed E-state index contributed by atoms with van der Waals surface area (Å²) < 4.78 is 26.3. The number of carbonyl (C=O) groups excluding carboxylic acids is 1. The maximum atomic E-state index is 13.2. The Bertz CT molecular complexity index is 614. The van der Waals surface area contributed by atoms with Crippen molar-refractivity contribution in [2.45, 2.75) is 5.92 Å². The summed E-state index contributed by atoms with van der Waals surface area (Å²) in [7, 11) is 0. The van der Waals surface area contributed by atoms with Gasteiger partial charge in [-0.1, -0.05) is 23.2 Å². The fraction of sp³-hybridized carbons (Fsp3) is 0.0769. The summed E-state index contributed by atoms with van der Waals surface area (Å²) >= 11 is 11.6. The molecule has 0 amide bonds. The zero-order chi connectivity index (χ0) is 14.0. The largest absolute Gasteiger partial charge is 0.302 e. The van der Waals surface area contributed by atoms with E-state index in [1.54, 1.807) is 0 Å². The van der Waals surface area contributed by atoms with Crippen molar-refractivity contribution in [2.75, 3.05) is 0 Å². The van der Waals surface area contributed by atoms with Crippen LogP contribution >= 0.6 is 23.2 Å². The van der Waals surface area contributed by atoms with Crippen LogP contribution in [0.2, 0.25) is 10.0 Å². The third kappa shape index (κ3) is 3.08. The van der Waals surface area contributed by atoms with Gasteiger partial charge in [0.25, 0.3) is 0 Å². The summed E-state index contributed by atoms with van der Waals surface area (Å²) in [6.45, 7) is 0. The molecule has 0 saturated heterocycles. The Hall–Kier alpha value is -1.52. The minimum atomic E-state index is -0.949. The van der Waals surface area contributed by atoms with Gasteiger partial charge in [0.2, 0.25) is 0 Å². The lowest BCUT2D eigenvalue weighted by molar-refractivity contribution is -0.108. The number of rotatable bonds is 3. The molecule has 0 aliphatic rings. The quantitative estimate of drug-likeness (QED) is 0.802. The highest BCUT2D eigenvalue weighted by Gasteiger charge is 2.19. The Balaban J connectivity index is 2.52. The number of carbonyl (C=O) groups is 1. The van der Waals surface area contributed by atoms with Crippen LogP contribution in [0, 0.1) is 11.6 Å². The lowest BCUT2D eigenvalue weighted by Gasteiger charge is -2.12. The summed E-state index contributed by atoms with van der Waals surface area (Å²) in [5.41, 5.74) is 0.343. The molecule has 2 rings (SSSR count). The van der Waals surface area contributed by atoms with Gasteiger partial charge in [-0.3, -0.25) is 4.98 Å². The average Bonchev–Trinajstić information content (AvgIpc) is 2.31. The first kappa shape index (κ1) is 13.9. The zero-order valence-corrected chi connectivity index (χ0v) is 10.9. The van der Waals surface area contributed by atoms with Gasteiger partial charge in [-0.25, -0.2) is 8.78 Å². The molecular weight excluding hydrogens is 295 g/mol. The molecular formula is C13H7Cl2F2NO. The van der Waals surface area contributed by atoms with Gasteiger partial charge < -0.3 is 4.79 Å². The van der Waals surface area contributed by atoms with Crippen molar-refractivity contribution in [1.82, 2.24) is 4.98 Å². The highest BCUT2D eigenvalue weighted by atomic mass is 35.5. The molecule has 0 unspecified atom stereocenters. The van der Waals surface area contributed by atoms with Crippen molar-refractivity contribution >= 4 is 29.5 Å². The summed E-state index contributed by atoms with van der Waals surface area (Å²) in [6.07, 6.45) is 1.84. The predicted molar refractivity (Wildman–Crippen MR) is 68.5 cm³/mol. The fourth-order valence-electron chi connectivity index (χ4n) is 1.71. The Kier molecular flexibility index (Phi) is 4.12. The SMILES string of the molecule is O=C[C@@H](c1cc(F)cc(F)c1)c1ncc(Cl)cc1Cl. The fourth-order valence-corrected chi connectivity index (χ4v) is 2.21. The molecule has 2 aromatic rings. The molecule has 19 heavy (non-hydrogen) atoms. The standard InChI is InChI=1S/C13H7Cl2F2NO/c14-8-3-12(15)13(18-5-8)11(6-19)7-1-9(16)4-10(17)2-7/h1-6,11H/t11-/m0/s1. The average molecular weight is 302 g/mol. The molecule has 6 heteroatoms. The van der Waals surface area contributed by atoms with Crippen LogP contribution in [0.3, 0.4) is 0 Å². The van der Waals surface area contributed by atoms with E-state index in [4.69, 9.17) is 23.2 Å². The van der Waals surface area contributed by atoms with Gasteiger partial charge in [0.1, 0.15) is 17.9 Å². The van der Waals surface area contributed by atoms with Crippen LogP contribution in [0.15, 0.2) is 30.5 Å². The summed E-state index contributed by atoms with van der Waals surface area (Å²) in [5.74, 6) is -2.49. The second-order valence-corrected chi connectivity index (χ2v) is 4.68. The van der Waals surface area contributed by atoms with Crippen LogP contribution < -0.4 is 0 Å². The van der Waals surface area contributed by atoms with E-state index in [9.17, 15) is 13.6 Å². The molecule has 1 atom stereocenters. The first-order valence-corrected chi connectivity index (χ1v) is 5.99. The Morgan fingerprint density at radius 1 is 1.11 bits per heavy atom. The Labute approximate surface area is 118 Å². The van der Waals surface area contributed by atoms with E-state index in [0.29, 0.717) is 11.3 Å². The van der Waals surface area contributed by atoms with E-state index in [0.717, 1.165) is 18.2 Å². The number of nitrogens with zero attached hydrogens (tertiary/aromatic N) is 1. The van der Waals surface area contributed by atoms with Gasteiger partial charge in [-0.2, -0.15) is 0 Å². The van der Waals surface area contributed by atoms with Crippen molar-refractivity contribution in [3.8, 4) is 0 Å². The summed E-state index contributed by atoms with van der Waals surface area (Å²) in [5, 5.41) is 0.470. The molecule has 0 bridgehead atoms. The lowest BCUT2D eigenvalue weighted by Crippen LogP contribution is -2.06. The van der Waals surface area contributed by atoms with Crippen LogP contribution in [-0.2, 0) is 4.79 Å². The number of aromatic nitrogens is 1. The molecule has 0 aliphatic carbocycles. The highest BCUT2D eigenvalue weighted by Crippen LogP contribution is 2.29. The number of hydrogen-bond donors (Lipinski definition) is 0. The summed E-state index contributed by atoms with van der Waals surface area (Å²) in [4.78, 5) is 15.1. The third-order valence-corrected chi connectivity index (χ3v) is 3.02. The monoisotopic (exact) mass is 301 g/mol. The van der Waals surface area contributed by atoms with Crippen LogP contribution in [-0.4, -0.2) is 11.3 Å². The minimum absolute atomic E-state index is 0.143. The molecule has 0 N–H and O–H groups in total. The number of halogens is 4. The van der Waals surface area contributed by atoms with Crippen LogP contribution in [0.25, 0.3) is 0 Å². The molecule has 0 saturated carbocycles. The van der Waals surface area contributed by atoms with Crippen LogP contribution in [0.1, 0.15) is 17.2 Å². The van der Waals surface area contributed by atoms with Gasteiger partial charge in [0.05, 0.1) is 21.7 Å². The number of aldehydes is 1. The highest BCUT2D eigenvalue weighted by molar-refractivity contribution is 6.34. The molecule has 0 radical (unpaired) electrons. The van der Waals surface area contributed by atoms with Gasteiger partial charge in [-0.05, 0) is 23.8 Å². The van der Waals surface area contributed by atoms with E-state index in [2.05, 4.69) is 4.98 Å². The summed E-state index contributed by atoms with van der Waals surface area (Å²) in [6, 6.07) is 4.27. The van der Waals surface area contributed by atoms with Crippen molar-refractivity contribution in [2.24, 2.45) is 0 Å². The Morgan fingerprint density at radius 3 is 2.26 bits per heavy atom. The second-order valence-electron chi connectivity index (χ2n) is 3.84. The van der Waals surface area contributed by atoms with E-state index < -0.39 is 17.6 Å². The molecule has 1 aromatic carbocycles. The van der Waals surface area contributed by atoms with Crippen molar-refractivity contribution < 1.29 is 13.6 Å². The van der Waals surface area contributed by atoms with E-state index in [1.165, 1.54) is 12.3 Å². The third-order valence-electron chi connectivity index (χ3n) is 2.51. The maximum Gasteiger partial charge on any atom is 0.133 e. The molecule has 1 aromatic heterocycles. The molecule has 98 valence electrons. The van der Waals surface area contributed by atoms with E-state index in [-0.39, 0.29) is 16.3 Å². The molecule has 1 heterocycles. The number of benzene rings is 1. The van der Waals surface area contributed by atoms with Crippen molar-refractivity contribution in [3.63, 3.8) is 0 Å². The molecule has 0 spiro atoms. The first-order chi connectivity index (χ1) is 9.01. The Morgan fingerprint density at radius 2 is 1.74 bits per heavy atom. The lowest BCUT2D eigenvalue weighted by atomic mass is 9.96.